The van der Waals surface area contributed by atoms with Crippen molar-refractivity contribution in [2.45, 2.75) is 38.9 Å². The lowest BCUT2D eigenvalue weighted by molar-refractivity contribution is -0.143. The number of aromatic nitrogens is 1. The largest absolute Gasteiger partial charge is 0.382 e. The molecule has 0 spiro atoms. The molecule has 0 bridgehead atoms. The summed E-state index contributed by atoms with van der Waals surface area (Å²) in [6.45, 7) is 7.65. The van der Waals surface area contributed by atoms with Gasteiger partial charge in [0.1, 0.15) is 0 Å². The van der Waals surface area contributed by atoms with Gasteiger partial charge in [0.25, 0.3) is 5.91 Å². The third kappa shape index (κ3) is 4.02. The minimum Gasteiger partial charge on any atom is -0.382 e. The highest BCUT2D eigenvalue weighted by molar-refractivity contribution is 5.94. The van der Waals surface area contributed by atoms with E-state index in [1.807, 2.05) is 24.8 Å². The minimum atomic E-state index is -0.368. The van der Waals surface area contributed by atoms with Gasteiger partial charge in [0, 0.05) is 32.6 Å². The second kappa shape index (κ2) is 6.54. The Morgan fingerprint density at radius 1 is 1.52 bits per heavy atom. The van der Waals surface area contributed by atoms with Gasteiger partial charge >= 0.3 is 0 Å². The molecular weight excluding hydrogens is 268 g/mol. The molecule has 5 heteroatoms. The zero-order chi connectivity index (χ0) is 15.5. The Hall–Kier alpha value is -1.46. The Balaban J connectivity index is 2.16. The average Bonchev–Trinajstić information content (AvgIpc) is 2.45. The van der Waals surface area contributed by atoms with Gasteiger partial charge in [-0.3, -0.25) is 9.78 Å². The van der Waals surface area contributed by atoms with Gasteiger partial charge in [0.15, 0.2) is 0 Å². The predicted octanol–water partition coefficient (Wildman–Crippen LogP) is 1.91. The molecule has 21 heavy (non-hydrogen) atoms. The van der Waals surface area contributed by atoms with E-state index in [2.05, 4.69) is 11.9 Å². The van der Waals surface area contributed by atoms with Crippen LogP contribution in [0.2, 0.25) is 0 Å². The normalized spacial score (nSPS) is 21.3. The van der Waals surface area contributed by atoms with E-state index in [0.717, 1.165) is 12.0 Å². The van der Waals surface area contributed by atoms with Crippen LogP contribution in [0.1, 0.15) is 36.7 Å². The molecule has 1 aromatic heterocycles. The smallest absolute Gasteiger partial charge is 0.255 e. The van der Waals surface area contributed by atoms with Crippen LogP contribution in [0, 0.1) is 0 Å². The zero-order valence-electron chi connectivity index (χ0n) is 13.3. The molecular formula is C16H24N2O3. The molecule has 1 amide bonds. The molecule has 0 saturated carbocycles. The van der Waals surface area contributed by atoms with E-state index in [-0.39, 0.29) is 17.6 Å². The van der Waals surface area contributed by atoms with Crippen molar-refractivity contribution in [3.63, 3.8) is 0 Å². The van der Waals surface area contributed by atoms with Crippen molar-refractivity contribution in [1.29, 1.82) is 0 Å². The zero-order valence-corrected chi connectivity index (χ0v) is 13.3. The van der Waals surface area contributed by atoms with Crippen LogP contribution >= 0.6 is 0 Å². The Bertz CT molecular complexity index is 502. The molecule has 2 heterocycles. The third-order valence-corrected chi connectivity index (χ3v) is 3.57. The first-order chi connectivity index (χ1) is 9.95. The van der Waals surface area contributed by atoms with E-state index in [0.29, 0.717) is 25.3 Å². The Kier molecular flexibility index (Phi) is 4.96. The number of aryl methyl sites for hydroxylation is 1. The highest BCUT2D eigenvalue weighted by Gasteiger charge is 2.35. The molecule has 1 fully saturated rings. The van der Waals surface area contributed by atoms with Crippen LogP contribution in [0.15, 0.2) is 18.5 Å². The van der Waals surface area contributed by atoms with Gasteiger partial charge in [-0.1, -0.05) is 6.92 Å². The van der Waals surface area contributed by atoms with Gasteiger partial charge in [-0.25, -0.2) is 0 Å². The molecule has 1 aliphatic rings. The fourth-order valence-electron chi connectivity index (χ4n) is 2.70. The second-order valence-electron chi connectivity index (χ2n) is 6.08. The Morgan fingerprint density at radius 2 is 2.29 bits per heavy atom. The van der Waals surface area contributed by atoms with Crippen LogP contribution in [0.5, 0.6) is 0 Å². The number of ether oxygens (including phenoxy) is 2. The van der Waals surface area contributed by atoms with E-state index in [1.165, 1.54) is 0 Å². The second-order valence-corrected chi connectivity index (χ2v) is 6.08. The van der Waals surface area contributed by atoms with Gasteiger partial charge in [0.05, 0.1) is 23.9 Å². The molecule has 116 valence electrons. The van der Waals surface area contributed by atoms with E-state index >= 15 is 0 Å². The van der Waals surface area contributed by atoms with Gasteiger partial charge in [0.2, 0.25) is 0 Å². The van der Waals surface area contributed by atoms with Crippen molar-refractivity contribution in [2.24, 2.45) is 0 Å². The molecule has 1 aliphatic heterocycles. The van der Waals surface area contributed by atoms with E-state index in [9.17, 15) is 4.79 Å². The van der Waals surface area contributed by atoms with Crippen LogP contribution in [0.4, 0.5) is 0 Å². The van der Waals surface area contributed by atoms with Crippen molar-refractivity contribution in [3.8, 4) is 0 Å². The van der Waals surface area contributed by atoms with Crippen LogP contribution in [-0.2, 0) is 15.9 Å². The summed E-state index contributed by atoms with van der Waals surface area (Å²) in [7, 11) is 1.64. The SMILES string of the molecule is CCc1cncc(C(=O)N2CC(COC)OC(C)(C)C2)c1. The predicted molar refractivity (Wildman–Crippen MR) is 80.3 cm³/mol. The topological polar surface area (TPSA) is 51.7 Å². The number of morpholine rings is 1. The van der Waals surface area contributed by atoms with Crippen molar-refractivity contribution < 1.29 is 14.3 Å². The quantitative estimate of drug-likeness (QED) is 0.850. The highest BCUT2D eigenvalue weighted by atomic mass is 16.5. The van der Waals surface area contributed by atoms with E-state index in [4.69, 9.17) is 9.47 Å². The number of hydrogen-bond donors (Lipinski definition) is 0. The van der Waals surface area contributed by atoms with Crippen molar-refractivity contribution in [1.82, 2.24) is 9.88 Å². The molecule has 1 saturated heterocycles. The number of methoxy groups -OCH3 is 1. The molecule has 0 N–H and O–H groups in total. The summed E-state index contributed by atoms with van der Waals surface area (Å²) in [5.41, 5.74) is 1.34. The first-order valence-electron chi connectivity index (χ1n) is 7.35. The standard InChI is InChI=1S/C16H24N2O3/c1-5-12-6-13(8-17-7-12)15(19)18-9-14(10-20-4)21-16(2,3)11-18/h6-8,14H,5,9-11H2,1-4H3. The third-order valence-electron chi connectivity index (χ3n) is 3.57. The van der Waals surface area contributed by atoms with Gasteiger partial charge in [-0.05, 0) is 31.9 Å². The molecule has 0 aliphatic carbocycles. The summed E-state index contributed by atoms with van der Waals surface area (Å²) in [5, 5.41) is 0. The van der Waals surface area contributed by atoms with E-state index < -0.39 is 0 Å². The molecule has 0 aromatic carbocycles. The minimum absolute atomic E-state index is 0.00952. The van der Waals surface area contributed by atoms with Gasteiger partial charge < -0.3 is 14.4 Å². The van der Waals surface area contributed by atoms with Crippen LogP contribution in [-0.4, -0.2) is 54.3 Å². The summed E-state index contributed by atoms with van der Waals surface area (Å²) in [6.07, 6.45) is 4.21. The van der Waals surface area contributed by atoms with Crippen molar-refractivity contribution in [3.05, 3.63) is 29.6 Å². The summed E-state index contributed by atoms with van der Waals surface area (Å²) < 4.78 is 11.1. The van der Waals surface area contributed by atoms with Crippen LogP contribution in [0.3, 0.4) is 0 Å². The summed E-state index contributed by atoms with van der Waals surface area (Å²) in [6, 6.07) is 1.92. The number of hydrogen-bond acceptors (Lipinski definition) is 4. The lowest BCUT2D eigenvalue weighted by Crippen LogP contribution is -2.55. The Labute approximate surface area is 126 Å². The lowest BCUT2D eigenvalue weighted by atomic mass is 10.0. The van der Waals surface area contributed by atoms with Crippen molar-refractivity contribution >= 4 is 5.91 Å². The van der Waals surface area contributed by atoms with Gasteiger partial charge in [-0.2, -0.15) is 0 Å². The number of amides is 1. The maximum atomic E-state index is 12.7. The fraction of sp³-hybridized carbons (Fsp3) is 0.625. The first kappa shape index (κ1) is 15.9. The van der Waals surface area contributed by atoms with Crippen LogP contribution in [0.25, 0.3) is 0 Å². The molecule has 1 aromatic rings. The molecule has 1 unspecified atom stereocenters. The molecule has 1 atom stereocenters. The highest BCUT2D eigenvalue weighted by Crippen LogP contribution is 2.22. The maximum Gasteiger partial charge on any atom is 0.255 e. The van der Waals surface area contributed by atoms with E-state index in [1.54, 1.807) is 19.5 Å². The first-order valence-corrected chi connectivity index (χ1v) is 7.35. The maximum absolute atomic E-state index is 12.7. The Morgan fingerprint density at radius 3 is 2.95 bits per heavy atom. The van der Waals surface area contributed by atoms with Crippen LogP contribution < -0.4 is 0 Å². The summed E-state index contributed by atoms with van der Waals surface area (Å²) >= 11 is 0. The number of nitrogens with zero attached hydrogens (tertiary/aromatic N) is 2. The lowest BCUT2D eigenvalue weighted by Gasteiger charge is -2.42. The average molecular weight is 292 g/mol. The monoisotopic (exact) mass is 292 g/mol. The molecule has 0 radical (unpaired) electrons. The van der Waals surface area contributed by atoms with Crippen molar-refractivity contribution in [2.75, 3.05) is 26.8 Å². The number of carbonyl (C=O) groups excluding carboxylic acids is 1. The molecule has 2 rings (SSSR count). The summed E-state index contributed by atoms with van der Waals surface area (Å²) in [5.74, 6) is 0.00952. The number of rotatable bonds is 4. The number of carbonyl (C=O) groups is 1. The summed E-state index contributed by atoms with van der Waals surface area (Å²) in [4.78, 5) is 18.7. The fourth-order valence-corrected chi connectivity index (χ4v) is 2.70. The van der Waals surface area contributed by atoms with Gasteiger partial charge in [-0.15, -0.1) is 0 Å². The number of pyridine rings is 1. The molecule has 5 nitrogen and oxygen atoms in total.